The van der Waals surface area contributed by atoms with Crippen LogP contribution in [0.25, 0.3) is 0 Å². The Balaban J connectivity index is 2.71. The molecule has 2 atom stereocenters. The molecule has 0 saturated heterocycles. The van der Waals surface area contributed by atoms with Gasteiger partial charge in [0.15, 0.2) is 0 Å². The molecule has 1 N–H and O–H groups in total. The maximum atomic E-state index is 10.5. The molecule has 1 aromatic carbocycles. The van der Waals surface area contributed by atoms with E-state index in [0.717, 1.165) is 0 Å². The van der Waals surface area contributed by atoms with E-state index in [1.807, 2.05) is 18.4 Å². The van der Waals surface area contributed by atoms with E-state index in [-0.39, 0.29) is 12.0 Å². The fourth-order valence-corrected chi connectivity index (χ4v) is 3.57. The second-order valence-corrected chi connectivity index (χ2v) is 6.56. The Morgan fingerprint density at radius 2 is 2.06 bits per heavy atom. The quantitative estimate of drug-likeness (QED) is 0.610. The second kappa shape index (κ2) is 7.59. The first-order valence-corrected chi connectivity index (χ1v) is 8.29. The van der Waals surface area contributed by atoms with Gasteiger partial charge >= 0.3 is 6.16 Å². The first-order chi connectivity index (χ1) is 8.54. The van der Waals surface area contributed by atoms with E-state index in [1.165, 1.54) is 10.5 Å². The standard InChI is InChI=1S/C13H18O3S2/c1-9(8-10(2)16-13(14)15)11-6-4-5-7-12(11)18-17-3/h4-7,9-10H,8H2,1-3H3,(H,14,15). The van der Waals surface area contributed by atoms with Crippen molar-refractivity contribution in [2.24, 2.45) is 0 Å². The molecule has 0 aliphatic carbocycles. The molecule has 1 aromatic rings. The maximum Gasteiger partial charge on any atom is 0.506 e. The van der Waals surface area contributed by atoms with E-state index in [2.05, 4.69) is 19.1 Å². The predicted molar refractivity (Wildman–Crippen MR) is 77.4 cm³/mol. The molecule has 3 nitrogen and oxygen atoms in total. The van der Waals surface area contributed by atoms with E-state index < -0.39 is 6.16 Å². The number of hydrogen-bond acceptors (Lipinski definition) is 4. The van der Waals surface area contributed by atoms with Crippen molar-refractivity contribution in [1.82, 2.24) is 0 Å². The molecular weight excluding hydrogens is 268 g/mol. The Hall–Kier alpha value is -0.810. The van der Waals surface area contributed by atoms with Crippen molar-refractivity contribution in [3.8, 4) is 0 Å². The van der Waals surface area contributed by atoms with Gasteiger partial charge in [-0.1, -0.05) is 46.7 Å². The Morgan fingerprint density at radius 1 is 1.39 bits per heavy atom. The molecule has 0 fully saturated rings. The Morgan fingerprint density at radius 3 is 2.67 bits per heavy atom. The highest BCUT2D eigenvalue weighted by molar-refractivity contribution is 8.76. The van der Waals surface area contributed by atoms with Crippen molar-refractivity contribution < 1.29 is 14.6 Å². The van der Waals surface area contributed by atoms with Crippen LogP contribution in [0.2, 0.25) is 0 Å². The lowest BCUT2D eigenvalue weighted by atomic mass is 9.95. The van der Waals surface area contributed by atoms with E-state index >= 15 is 0 Å². The molecule has 2 unspecified atom stereocenters. The molecule has 0 radical (unpaired) electrons. The van der Waals surface area contributed by atoms with Gasteiger partial charge in [0, 0.05) is 4.90 Å². The van der Waals surface area contributed by atoms with Gasteiger partial charge in [-0.25, -0.2) is 4.79 Å². The van der Waals surface area contributed by atoms with Crippen molar-refractivity contribution in [3.63, 3.8) is 0 Å². The SMILES string of the molecule is CSSc1ccccc1C(C)CC(C)OC(=O)O. The van der Waals surface area contributed by atoms with Crippen LogP contribution in [0.3, 0.4) is 0 Å². The van der Waals surface area contributed by atoms with Gasteiger partial charge in [0.1, 0.15) is 6.10 Å². The number of benzene rings is 1. The third-order valence-corrected chi connectivity index (χ3v) is 4.37. The van der Waals surface area contributed by atoms with Crippen LogP contribution in [-0.2, 0) is 4.74 Å². The number of carbonyl (C=O) groups is 1. The molecule has 18 heavy (non-hydrogen) atoms. The fraction of sp³-hybridized carbons (Fsp3) is 0.462. The summed E-state index contributed by atoms with van der Waals surface area (Å²) in [6, 6.07) is 8.22. The topological polar surface area (TPSA) is 46.5 Å². The predicted octanol–water partition coefficient (Wildman–Crippen LogP) is 4.63. The first kappa shape index (κ1) is 15.2. The molecular formula is C13H18O3S2. The number of rotatable bonds is 6. The fourth-order valence-electron chi connectivity index (χ4n) is 1.90. The Labute approximate surface area is 116 Å². The number of hydrogen-bond donors (Lipinski definition) is 1. The average Bonchev–Trinajstić information content (AvgIpc) is 2.28. The lowest BCUT2D eigenvalue weighted by molar-refractivity contribution is 0.0535. The zero-order valence-corrected chi connectivity index (χ0v) is 12.4. The summed E-state index contributed by atoms with van der Waals surface area (Å²) in [7, 11) is 3.44. The van der Waals surface area contributed by atoms with E-state index in [9.17, 15) is 4.79 Å². The van der Waals surface area contributed by atoms with Crippen LogP contribution < -0.4 is 0 Å². The lowest BCUT2D eigenvalue weighted by Crippen LogP contribution is -2.15. The highest BCUT2D eigenvalue weighted by Crippen LogP contribution is 2.36. The summed E-state index contributed by atoms with van der Waals surface area (Å²) in [5, 5.41) is 8.58. The van der Waals surface area contributed by atoms with Crippen LogP contribution in [0.1, 0.15) is 31.7 Å². The molecule has 0 aromatic heterocycles. The number of ether oxygens (including phenoxy) is 1. The third-order valence-electron chi connectivity index (χ3n) is 2.61. The highest BCUT2D eigenvalue weighted by Gasteiger charge is 2.16. The Bertz CT molecular complexity index is 396. The molecule has 1 rings (SSSR count). The van der Waals surface area contributed by atoms with Crippen molar-refractivity contribution in [2.45, 2.75) is 37.2 Å². The van der Waals surface area contributed by atoms with Gasteiger partial charge in [0.05, 0.1) is 0 Å². The normalized spacial score (nSPS) is 13.9. The summed E-state index contributed by atoms with van der Waals surface area (Å²) < 4.78 is 4.75. The highest BCUT2D eigenvalue weighted by atomic mass is 33.1. The summed E-state index contributed by atoms with van der Waals surface area (Å²) in [6.45, 7) is 3.89. The third kappa shape index (κ3) is 4.82. The minimum atomic E-state index is -1.21. The molecule has 0 amide bonds. The van der Waals surface area contributed by atoms with Crippen molar-refractivity contribution >= 4 is 27.7 Å². The van der Waals surface area contributed by atoms with Crippen LogP contribution in [0.15, 0.2) is 29.2 Å². The first-order valence-electron chi connectivity index (χ1n) is 5.73. The van der Waals surface area contributed by atoms with Crippen LogP contribution in [0, 0.1) is 0 Å². The number of carboxylic acid groups (broad SMARTS) is 1. The average molecular weight is 286 g/mol. The molecule has 100 valence electrons. The molecule has 0 aliphatic rings. The van der Waals surface area contributed by atoms with Gasteiger partial charge in [-0.2, -0.15) is 0 Å². The zero-order valence-electron chi connectivity index (χ0n) is 10.8. The zero-order chi connectivity index (χ0) is 13.5. The molecule has 5 heteroatoms. The molecule has 0 aliphatic heterocycles. The van der Waals surface area contributed by atoms with Gasteiger partial charge in [-0.05, 0) is 37.1 Å². The minimum Gasteiger partial charge on any atom is -0.450 e. The Kier molecular flexibility index (Phi) is 6.43. The van der Waals surface area contributed by atoms with E-state index in [1.54, 1.807) is 28.5 Å². The monoisotopic (exact) mass is 286 g/mol. The van der Waals surface area contributed by atoms with Crippen LogP contribution >= 0.6 is 21.6 Å². The summed E-state index contributed by atoms with van der Waals surface area (Å²) in [4.78, 5) is 11.7. The summed E-state index contributed by atoms with van der Waals surface area (Å²) >= 11 is 0. The van der Waals surface area contributed by atoms with Crippen molar-refractivity contribution in [2.75, 3.05) is 6.26 Å². The second-order valence-electron chi connectivity index (χ2n) is 4.12. The van der Waals surface area contributed by atoms with Crippen LogP contribution in [0.4, 0.5) is 4.79 Å². The smallest absolute Gasteiger partial charge is 0.450 e. The largest absolute Gasteiger partial charge is 0.506 e. The van der Waals surface area contributed by atoms with Gasteiger partial charge in [0.25, 0.3) is 0 Å². The molecule has 0 spiro atoms. The maximum absolute atomic E-state index is 10.5. The minimum absolute atomic E-state index is 0.273. The van der Waals surface area contributed by atoms with Gasteiger partial charge in [0.2, 0.25) is 0 Å². The van der Waals surface area contributed by atoms with Gasteiger partial charge < -0.3 is 9.84 Å². The lowest BCUT2D eigenvalue weighted by Gasteiger charge is -2.19. The summed E-state index contributed by atoms with van der Waals surface area (Å²) in [6.07, 6.45) is 1.24. The van der Waals surface area contributed by atoms with Crippen LogP contribution in [0.5, 0.6) is 0 Å². The van der Waals surface area contributed by atoms with Crippen molar-refractivity contribution in [3.05, 3.63) is 29.8 Å². The van der Waals surface area contributed by atoms with E-state index in [4.69, 9.17) is 9.84 Å². The van der Waals surface area contributed by atoms with Gasteiger partial charge in [-0.3, -0.25) is 0 Å². The summed E-state index contributed by atoms with van der Waals surface area (Å²) in [5.41, 5.74) is 1.25. The van der Waals surface area contributed by atoms with Crippen molar-refractivity contribution in [1.29, 1.82) is 0 Å². The van der Waals surface area contributed by atoms with Gasteiger partial charge in [-0.15, -0.1) is 0 Å². The van der Waals surface area contributed by atoms with E-state index in [0.29, 0.717) is 6.42 Å². The summed E-state index contributed by atoms with van der Waals surface area (Å²) in [5.74, 6) is 0.273. The molecule has 0 bridgehead atoms. The molecule has 0 heterocycles. The molecule has 0 saturated carbocycles. The van der Waals surface area contributed by atoms with Crippen LogP contribution in [-0.4, -0.2) is 23.6 Å².